The number of tetrazole rings is 1. The molecule has 1 fully saturated rings. The van der Waals surface area contributed by atoms with Gasteiger partial charge in [-0.05, 0) is 54.3 Å². The molecular formula is C17H20FN7O. The third kappa shape index (κ3) is 3.42. The van der Waals surface area contributed by atoms with Gasteiger partial charge in [0.15, 0.2) is 0 Å². The maximum absolute atomic E-state index is 13.4. The van der Waals surface area contributed by atoms with Crippen LogP contribution in [0.3, 0.4) is 0 Å². The Morgan fingerprint density at radius 3 is 3.12 bits per heavy atom. The summed E-state index contributed by atoms with van der Waals surface area (Å²) in [6, 6.07) is 4.41. The Morgan fingerprint density at radius 2 is 2.27 bits per heavy atom. The SMILES string of the molecule is O=C(CCCn1cnnn1)N1CCCC[C@H]1c1nc2ccc(F)cc2[nH]1. The number of hydrogen-bond acceptors (Lipinski definition) is 5. The molecule has 0 bridgehead atoms. The van der Waals surface area contributed by atoms with E-state index in [4.69, 9.17) is 0 Å². The number of imidazole rings is 1. The van der Waals surface area contributed by atoms with Crippen molar-refractivity contribution in [3.05, 3.63) is 36.2 Å². The first-order chi connectivity index (χ1) is 12.7. The normalized spacial score (nSPS) is 17.7. The van der Waals surface area contributed by atoms with Crippen molar-refractivity contribution in [2.75, 3.05) is 6.54 Å². The molecule has 1 amide bonds. The summed E-state index contributed by atoms with van der Waals surface area (Å²) in [5, 5.41) is 11.0. The minimum atomic E-state index is -0.299. The molecule has 3 aromatic rings. The van der Waals surface area contributed by atoms with E-state index >= 15 is 0 Å². The van der Waals surface area contributed by atoms with Crippen molar-refractivity contribution in [2.24, 2.45) is 0 Å². The van der Waals surface area contributed by atoms with Crippen LogP contribution in [0.4, 0.5) is 4.39 Å². The van der Waals surface area contributed by atoms with E-state index in [1.807, 2.05) is 4.90 Å². The van der Waals surface area contributed by atoms with Crippen LogP contribution in [0.2, 0.25) is 0 Å². The second-order valence-electron chi connectivity index (χ2n) is 6.56. The highest BCUT2D eigenvalue weighted by Gasteiger charge is 2.29. The van der Waals surface area contributed by atoms with Crippen molar-refractivity contribution in [1.29, 1.82) is 0 Å². The number of carbonyl (C=O) groups is 1. The number of aromatic nitrogens is 6. The Kier molecular flexibility index (Phi) is 4.59. The van der Waals surface area contributed by atoms with E-state index in [1.54, 1.807) is 17.1 Å². The summed E-state index contributed by atoms with van der Waals surface area (Å²) in [7, 11) is 0. The summed E-state index contributed by atoms with van der Waals surface area (Å²) in [4.78, 5) is 22.4. The smallest absolute Gasteiger partial charge is 0.223 e. The maximum atomic E-state index is 13.4. The Balaban J connectivity index is 1.47. The van der Waals surface area contributed by atoms with Crippen LogP contribution in [0.1, 0.15) is 44.0 Å². The van der Waals surface area contributed by atoms with E-state index in [9.17, 15) is 9.18 Å². The molecule has 1 N–H and O–H groups in total. The van der Waals surface area contributed by atoms with Gasteiger partial charge in [-0.25, -0.2) is 14.1 Å². The fraction of sp³-hybridized carbons (Fsp3) is 0.471. The lowest BCUT2D eigenvalue weighted by Gasteiger charge is -2.34. The molecule has 1 atom stereocenters. The monoisotopic (exact) mass is 357 g/mol. The van der Waals surface area contributed by atoms with Gasteiger partial charge in [0.25, 0.3) is 0 Å². The highest BCUT2D eigenvalue weighted by atomic mass is 19.1. The number of aromatic amines is 1. The highest BCUT2D eigenvalue weighted by molar-refractivity contribution is 5.78. The molecule has 9 heteroatoms. The summed E-state index contributed by atoms with van der Waals surface area (Å²) >= 11 is 0. The molecule has 0 spiro atoms. The second-order valence-corrected chi connectivity index (χ2v) is 6.56. The van der Waals surface area contributed by atoms with Crippen molar-refractivity contribution in [3.63, 3.8) is 0 Å². The lowest BCUT2D eigenvalue weighted by molar-refractivity contribution is -0.135. The number of nitrogens with one attached hydrogen (secondary N) is 1. The summed E-state index contributed by atoms with van der Waals surface area (Å²) in [6.45, 7) is 1.33. The summed E-state index contributed by atoms with van der Waals surface area (Å²) < 4.78 is 15.0. The number of aryl methyl sites for hydroxylation is 1. The number of likely N-dealkylation sites (tertiary alicyclic amines) is 1. The van der Waals surface area contributed by atoms with Gasteiger partial charge in [0.1, 0.15) is 18.0 Å². The van der Waals surface area contributed by atoms with E-state index in [0.717, 1.165) is 37.1 Å². The van der Waals surface area contributed by atoms with Crippen LogP contribution < -0.4 is 0 Å². The number of fused-ring (bicyclic) bond motifs is 1. The number of nitrogens with zero attached hydrogens (tertiary/aromatic N) is 6. The second kappa shape index (κ2) is 7.19. The predicted molar refractivity (Wildman–Crippen MR) is 91.4 cm³/mol. The first-order valence-corrected chi connectivity index (χ1v) is 8.86. The van der Waals surface area contributed by atoms with Gasteiger partial charge < -0.3 is 9.88 Å². The molecule has 0 aliphatic carbocycles. The van der Waals surface area contributed by atoms with Crippen molar-refractivity contribution in [1.82, 2.24) is 35.1 Å². The predicted octanol–water partition coefficient (Wildman–Crippen LogP) is 2.22. The zero-order valence-electron chi connectivity index (χ0n) is 14.3. The van der Waals surface area contributed by atoms with Crippen LogP contribution in [0, 0.1) is 5.82 Å². The first kappa shape index (κ1) is 16.6. The Morgan fingerprint density at radius 1 is 1.35 bits per heavy atom. The van der Waals surface area contributed by atoms with E-state index < -0.39 is 0 Å². The van der Waals surface area contributed by atoms with Gasteiger partial charge in [0, 0.05) is 19.5 Å². The van der Waals surface area contributed by atoms with Gasteiger partial charge in [0.2, 0.25) is 5.91 Å². The minimum Gasteiger partial charge on any atom is -0.340 e. The number of carbonyl (C=O) groups excluding carboxylic acids is 1. The Bertz CT molecular complexity index is 892. The molecule has 2 aromatic heterocycles. The van der Waals surface area contributed by atoms with Crippen molar-refractivity contribution in [2.45, 2.75) is 44.7 Å². The Hall–Kier alpha value is -2.84. The number of amides is 1. The topological polar surface area (TPSA) is 92.6 Å². The molecule has 0 radical (unpaired) electrons. The molecular weight excluding hydrogens is 337 g/mol. The van der Waals surface area contributed by atoms with Crippen molar-refractivity contribution < 1.29 is 9.18 Å². The van der Waals surface area contributed by atoms with Gasteiger partial charge >= 0.3 is 0 Å². The fourth-order valence-electron chi connectivity index (χ4n) is 3.49. The van der Waals surface area contributed by atoms with Gasteiger partial charge in [-0.1, -0.05) is 0 Å². The van der Waals surface area contributed by atoms with Crippen LogP contribution in [0.15, 0.2) is 24.5 Å². The van der Waals surface area contributed by atoms with Crippen LogP contribution in [-0.2, 0) is 11.3 Å². The molecule has 1 aliphatic rings. The van der Waals surface area contributed by atoms with Crippen molar-refractivity contribution in [3.8, 4) is 0 Å². The quantitative estimate of drug-likeness (QED) is 0.756. The van der Waals surface area contributed by atoms with E-state index in [0.29, 0.717) is 24.9 Å². The molecule has 0 saturated carbocycles. The number of hydrogen-bond donors (Lipinski definition) is 1. The molecule has 1 aliphatic heterocycles. The first-order valence-electron chi connectivity index (χ1n) is 8.86. The number of H-pyrrole nitrogens is 1. The average molecular weight is 357 g/mol. The average Bonchev–Trinajstić information content (AvgIpc) is 3.30. The molecule has 1 saturated heterocycles. The number of piperidine rings is 1. The molecule has 0 unspecified atom stereocenters. The molecule has 136 valence electrons. The summed E-state index contributed by atoms with van der Waals surface area (Å²) in [5.74, 6) is 0.542. The molecule has 1 aromatic carbocycles. The fourth-order valence-corrected chi connectivity index (χ4v) is 3.49. The zero-order chi connectivity index (χ0) is 17.9. The molecule has 8 nitrogen and oxygen atoms in total. The zero-order valence-corrected chi connectivity index (χ0v) is 14.3. The Labute approximate surface area is 149 Å². The van der Waals surface area contributed by atoms with Crippen LogP contribution in [0.5, 0.6) is 0 Å². The van der Waals surface area contributed by atoms with E-state index in [-0.39, 0.29) is 17.8 Å². The number of benzene rings is 1. The number of halogens is 1. The standard InChI is InChI=1S/C17H20FN7O/c18-12-6-7-13-14(10-12)21-17(20-13)15-4-1-2-9-25(15)16(26)5-3-8-24-11-19-22-23-24/h6-7,10-11,15H,1-5,8-9H2,(H,20,21)/t15-/m0/s1. The van der Waals surface area contributed by atoms with Gasteiger partial charge in [-0.2, -0.15) is 0 Å². The van der Waals surface area contributed by atoms with Gasteiger partial charge in [-0.3, -0.25) is 4.79 Å². The largest absolute Gasteiger partial charge is 0.340 e. The maximum Gasteiger partial charge on any atom is 0.223 e. The van der Waals surface area contributed by atoms with Crippen LogP contribution >= 0.6 is 0 Å². The molecule has 3 heterocycles. The third-order valence-corrected chi connectivity index (χ3v) is 4.77. The highest BCUT2D eigenvalue weighted by Crippen LogP contribution is 2.31. The van der Waals surface area contributed by atoms with Crippen LogP contribution in [-0.4, -0.2) is 47.5 Å². The lowest BCUT2D eigenvalue weighted by Crippen LogP contribution is -2.39. The summed E-state index contributed by atoms with van der Waals surface area (Å²) in [6.07, 6.45) is 5.56. The van der Waals surface area contributed by atoms with Crippen molar-refractivity contribution >= 4 is 16.9 Å². The summed E-state index contributed by atoms with van der Waals surface area (Å²) in [5.41, 5.74) is 1.38. The molecule has 4 rings (SSSR count). The lowest BCUT2D eigenvalue weighted by atomic mass is 10.0. The van der Waals surface area contributed by atoms with Gasteiger partial charge in [-0.15, -0.1) is 5.10 Å². The van der Waals surface area contributed by atoms with Gasteiger partial charge in [0.05, 0.1) is 17.1 Å². The minimum absolute atomic E-state index is 0.0836. The number of rotatable bonds is 5. The van der Waals surface area contributed by atoms with E-state index in [2.05, 4.69) is 25.5 Å². The molecule has 26 heavy (non-hydrogen) atoms. The third-order valence-electron chi connectivity index (χ3n) is 4.77. The van der Waals surface area contributed by atoms with E-state index in [1.165, 1.54) is 12.1 Å². The van der Waals surface area contributed by atoms with Crippen LogP contribution in [0.25, 0.3) is 11.0 Å².